The molecule has 0 bridgehead atoms. The maximum Gasteiger partial charge on any atom is 0.232 e. The first-order valence-electron chi connectivity index (χ1n) is 7.57. The van der Waals surface area contributed by atoms with Crippen molar-refractivity contribution in [1.29, 1.82) is 0 Å². The third kappa shape index (κ3) is 5.19. The smallest absolute Gasteiger partial charge is 0.232 e. The quantitative estimate of drug-likeness (QED) is 0.693. The second kappa shape index (κ2) is 8.42. The van der Waals surface area contributed by atoms with Crippen LogP contribution in [-0.2, 0) is 16.0 Å². The van der Waals surface area contributed by atoms with Crippen molar-refractivity contribution >= 4 is 11.8 Å². The van der Waals surface area contributed by atoms with Gasteiger partial charge in [0, 0.05) is 13.1 Å². The van der Waals surface area contributed by atoms with Gasteiger partial charge in [-0.05, 0) is 37.9 Å². The van der Waals surface area contributed by atoms with Gasteiger partial charge in [-0.25, -0.2) is 0 Å². The van der Waals surface area contributed by atoms with E-state index in [1.807, 2.05) is 30.3 Å². The van der Waals surface area contributed by atoms with E-state index in [0.29, 0.717) is 19.5 Å². The van der Waals surface area contributed by atoms with E-state index >= 15 is 0 Å². The fourth-order valence-corrected chi connectivity index (χ4v) is 2.38. The predicted octanol–water partition coefficient (Wildman–Crippen LogP) is 0.461. The fraction of sp³-hybridized carbons (Fsp3) is 0.500. The topological polar surface area (TPSA) is 70.2 Å². The Balaban J connectivity index is 2.03. The Morgan fingerprint density at radius 3 is 2.00 bits per heavy atom. The van der Waals surface area contributed by atoms with E-state index in [0.717, 1.165) is 31.5 Å². The molecule has 1 aromatic carbocycles. The van der Waals surface area contributed by atoms with Gasteiger partial charge in [0.15, 0.2) is 0 Å². The average molecular weight is 289 g/mol. The molecule has 3 N–H and O–H groups in total. The SMILES string of the molecule is O=C1NCCCNCCCNC(=O)C1Cc1ccccc1. The summed E-state index contributed by atoms with van der Waals surface area (Å²) in [5.74, 6) is -1.02. The van der Waals surface area contributed by atoms with Crippen molar-refractivity contribution < 1.29 is 9.59 Å². The Kier molecular flexibility index (Phi) is 6.22. The molecule has 0 atom stereocenters. The molecule has 1 saturated heterocycles. The van der Waals surface area contributed by atoms with Crippen molar-refractivity contribution in [3.05, 3.63) is 35.9 Å². The molecular weight excluding hydrogens is 266 g/mol. The Morgan fingerprint density at radius 2 is 1.43 bits per heavy atom. The van der Waals surface area contributed by atoms with E-state index in [9.17, 15) is 9.59 Å². The van der Waals surface area contributed by atoms with Gasteiger partial charge in [-0.15, -0.1) is 0 Å². The van der Waals surface area contributed by atoms with Crippen LogP contribution in [-0.4, -0.2) is 38.0 Å². The second-order valence-corrected chi connectivity index (χ2v) is 5.28. The Labute approximate surface area is 125 Å². The monoisotopic (exact) mass is 289 g/mol. The normalized spacial score (nSPS) is 19.0. The number of rotatable bonds is 2. The summed E-state index contributed by atoms with van der Waals surface area (Å²) in [5, 5.41) is 9.00. The number of nitrogens with one attached hydrogen (secondary N) is 3. The second-order valence-electron chi connectivity index (χ2n) is 5.28. The van der Waals surface area contributed by atoms with Gasteiger partial charge in [0.2, 0.25) is 11.8 Å². The molecule has 0 radical (unpaired) electrons. The Bertz CT molecular complexity index is 440. The van der Waals surface area contributed by atoms with Crippen LogP contribution in [0.25, 0.3) is 0 Å². The number of carbonyl (C=O) groups is 2. The summed E-state index contributed by atoms with van der Waals surface area (Å²) in [6.07, 6.45) is 2.20. The Morgan fingerprint density at radius 1 is 0.857 bits per heavy atom. The highest BCUT2D eigenvalue weighted by Gasteiger charge is 2.26. The molecule has 0 saturated carbocycles. The molecule has 2 amide bonds. The van der Waals surface area contributed by atoms with Crippen LogP contribution in [0.1, 0.15) is 18.4 Å². The standard InChI is InChI=1S/C16H23N3O2/c20-15-14(12-13-6-2-1-3-7-13)16(21)19-11-5-9-17-8-4-10-18-15/h1-3,6-7,14,17H,4-5,8-12H2,(H,18,20)(H,19,21). The molecule has 2 rings (SSSR count). The van der Waals surface area contributed by atoms with Crippen molar-refractivity contribution in [2.24, 2.45) is 5.92 Å². The molecule has 114 valence electrons. The summed E-state index contributed by atoms with van der Waals surface area (Å²) < 4.78 is 0. The molecule has 1 aromatic rings. The minimum atomic E-state index is -0.653. The summed E-state index contributed by atoms with van der Waals surface area (Å²) in [7, 11) is 0. The van der Waals surface area contributed by atoms with Gasteiger partial charge < -0.3 is 16.0 Å². The van der Waals surface area contributed by atoms with Gasteiger partial charge in [0.1, 0.15) is 5.92 Å². The summed E-state index contributed by atoms with van der Waals surface area (Å²) in [6.45, 7) is 2.98. The molecule has 1 aliphatic rings. The highest BCUT2D eigenvalue weighted by atomic mass is 16.2. The first-order valence-corrected chi connectivity index (χ1v) is 7.57. The van der Waals surface area contributed by atoms with Crippen molar-refractivity contribution in [3.8, 4) is 0 Å². The van der Waals surface area contributed by atoms with Gasteiger partial charge in [-0.1, -0.05) is 30.3 Å². The molecule has 0 aliphatic carbocycles. The predicted molar refractivity (Wildman–Crippen MR) is 81.8 cm³/mol. The zero-order chi connectivity index (χ0) is 14.9. The lowest BCUT2D eigenvalue weighted by Gasteiger charge is -2.18. The van der Waals surface area contributed by atoms with Crippen molar-refractivity contribution in [3.63, 3.8) is 0 Å². The summed E-state index contributed by atoms with van der Waals surface area (Å²) in [4.78, 5) is 24.5. The third-order valence-corrected chi connectivity index (χ3v) is 3.57. The molecule has 0 unspecified atom stereocenters. The van der Waals surface area contributed by atoms with Crippen molar-refractivity contribution in [2.45, 2.75) is 19.3 Å². The number of benzene rings is 1. The van der Waals surface area contributed by atoms with Crippen LogP contribution in [0.2, 0.25) is 0 Å². The Hall–Kier alpha value is -1.88. The van der Waals surface area contributed by atoms with Crippen LogP contribution in [0.15, 0.2) is 30.3 Å². The molecule has 0 aromatic heterocycles. The number of carbonyl (C=O) groups excluding carboxylic acids is 2. The van der Waals surface area contributed by atoms with Gasteiger partial charge >= 0.3 is 0 Å². The molecule has 1 heterocycles. The lowest BCUT2D eigenvalue weighted by atomic mass is 9.97. The van der Waals surface area contributed by atoms with E-state index in [1.54, 1.807) is 0 Å². The van der Waals surface area contributed by atoms with E-state index in [2.05, 4.69) is 16.0 Å². The minimum Gasteiger partial charge on any atom is -0.355 e. The van der Waals surface area contributed by atoms with Gasteiger partial charge in [-0.2, -0.15) is 0 Å². The van der Waals surface area contributed by atoms with Crippen molar-refractivity contribution in [1.82, 2.24) is 16.0 Å². The zero-order valence-corrected chi connectivity index (χ0v) is 12.2. The van der Waals surface area contributed by atoms with Crippen LogP contribution in [0.3, 0.4) is 0 Å². The summed E-state index contributed by atoms with van der Waals surface area (Å²) in [6, 6.07) is 9.66. The van der Waals surface area contributed by atoms with Crippen LogP contribution in [0.4, 0.5) is 0 Å². The molecule has 1 aliphatic heterocycles. The summed E-state index contributed by atoms with van der Waals surface area (Å²) in [5.41, 5.74) is 1.00. The van der Waals surface area contributed by atoms with Crippen molar-refractivity contribution in [2.75, 3.05) is 26.2 Å². The lowest BCUT2D eigenvalue weighted by molar-refractivity contribution is -0.135. The van der Waals surface area contributed by atoms with Gasteiger partial charge in [0.25, 0.3) is 0 Å². The molecule has 5 heteroatoms. The summed E-state index contributed by atoms with van der Waals surface area (Å²) >= 11 is 0. The molecular formula is C16H23N3O2. The minimum absolute atomic E-state index is 0.183. The molecule has 21 heavy (non-hydrogen) atoms. The van der Waals surface area contributed by atoms with Gasteiger partial charge in [0.05, 0.1) is 0 Å². The highest BCUT2D eigenvalue weighted by Crippen LogP contribution is 2.10. The fourth-order valence-electron chi connectivity index (χ4n) is 2.38. The van der Waals surface area contributed by atoms with E-state index in [4.69, 9.17) is 0 Å². The van der Waals surface area contributed by atoms with E-state index in [-0.39, 0.29) is 11.8 Å². The number of hydrogen-bond acceptors (Lipinski definition) is 3. The third-order valence-electron chi connectivity index (χ3n) is 3.57. The largest absolute Gasteiger partial charge is 0.355 e. The molecule has 5 nitrogen and oxygen atoms in total. The first kappa shape index (κ1) is 15.5. The average Bonchev–Trinajstić information content (AvgIpc) is 2.50. The maximum atomic E-state index is 12.3. The van der Waals surface area contributed by atoms with Crippen LogP contribution >= 0.6 is 0 Å². The van der Waals surface area contributed by atoms with Crippen LogP contribution < -0.4 is 16.0 Å². The molecule has 0 spiro atoms. The van der Waals surface area contributed by atoms with Crippen LogP contribution in [0, 0.1) is 5.92 Å². The number of amides is 2. The highest BCUT2D eigenvalue weighted by molar-refractivity contribution is 6.00. The zero-order valence-electron chi connectivity index (χ0n) is 12.2. The maximum absolute atomic E-state index is 12.3. The lowest BCUT2D eigenvalue weighted by Crippen LogP contribution is -2.44. The first-order chi connectivity index (χ1) is 10.3. The van der Waals surface area contributed by atoms with Crippen LogP contribution in [0.5, 0.6) is 0 Å². The van der Waals surface area contributed by atoms with E-state index < -0.39 is 5.92 Å². The molecule has 1 fully saturated rings. The number of hydrogen-bond donors (Lipinski definition) is 3. The van der Waals surface area contributed by atoms with Gasteiger partial charge in [-0.3, -0.25) is 9.59 Å². The van der Waals surface area contributed by atoms with E-state index in [1.165, 1.54) is 0 Å².